The molecule has 2 aliphatic rings. The third kappa shape index (κ3) is 6.12. The number of carbonyl (C=O) groups excluding carboxylic acids is 2. The summed E-state index contributed by atoms with van der Waals surface area (Å²) in [5.74, 6) is 1.13. The van der Waals surface area contributed by atoms with Crippen molar-refractivity contribution in [2.24, 2.45) is 0 Å². The van der Waals surface area contributed by atoms with Crippen LogP contribution in [0.4, 0.5) is 0 Å². The SMILES string of the molecule is COC(=O)CC(c1ccc2ccc(OCC(=O)NC3CCCCCC3)cc2c1)c1cc2c(cc1C)OCC2. The lowest BCUT2D eigenvalue weighted by molar-refractivity contribution is -0.140. The normalized spacial score (nSPS) is 16.3. The third-order valence-electron chi connectivity index (χ3n) is 7.88. The van der Waals surface area contributed by atoms with Gasteiger partial charge in [0.1, 0.15) is 11.5 Å². The number of fused-ring (bicyclic) bond motifs is 2. The zero-order valence-electron chi connectivity index (χ0n) is 22.4. The molecule has 1 aliphatic heterocycles. The number of rotatable bonds is 8. The summed E-state index contributed by atoms with van der Waals surface area (Å²) in [6.07, 6.45) is 8.08. The molecule has 1 amide bonds. The summed E-state index contributed by atoms with van der Waals surface area (Å²) in [5.41, 5.74) is 4.42. The van der Waals surface area contributed by atoms with Gasteiger partial charge in [0.2, 0.25) is 0 Å². The van der Waals surface area contributed by atoms with Crippen LogP contribution in [-0.4, -0.2) is 38.2 Å². The third-order valence-corrected chi connectivity index (χ3v) is 7.88. The topological polar surface area (TPSA) is 73.9 Å². The Morgan fingerprint density at radius 2 is 1.79 bits per heavy atom. The molecule has 0 spiro atoms. The van der Waals surface area contributed by atoms with Gasteiger partial charge in [-0.3, -0.25) is 9.59 Å². The molecule has 1 heterocycles. The molecule has 0 radical (unpaired) electrons. The Labute approximate surface area is 224 Å². The lowest BCUT2D eigenvalue weighted by Gasteiger charge is -2.21. The molecule has 38 heavy (non-hydrogen) atoms. The van der Waals surface area contributed by atoms with E-state index in [-0.39, 0.29) is 36.9 Å². The number of hydrogen-bond acceptors (Lipinski definition) is 5. The van der Waals surface area contributed by atoms with E-state index in [0.717, 1.165) is 52.5 Å². The summed E-state index contributed by atoms with van der Waals surface area (Å²) in [5, 5.41) is 5.21. The zero-order valence-corrected chi connectivity index (χ0v) is 22.4. The molecule has 1 fully saturated rings. The van der Waals surface area contributed by atoms with Gasteiger partial charge < -0.3 is 19.5 Å². The maximum Gasteiger partial charge on any atom is 0.306 e. The zero-order chi connectivity index (χ0) is 26.5. The molecule has 3 aromatic carbocycles. The van der Waals surface area contributed by atoms with Crippen LogP contribution in [0.5, 0.6) is 11.5 Å². The van der Waals surface area contributed by atoms with Gasteiger partial charge in [-0.15, -0.1) is 0 Å². The van der Waals surface area contributed by atoms with Gasteiger partial charge in [0, 0.05) is 18.4 Å². The second-order valence-corrected chi connectivity index (χ2v) is 10.6. The Kier molecular flexibility index (Phi) is 8.16. The molecule has 1 N–H and O–H groups in total. The van der Waals surface area contributed by atoms with Gasteiger partial charge in [-0.05, 0) is 71.0 Å². The fourth-order valence-corrected chi connectivity index (χ4v) is 5.77. The largest absolute Gasteiger partial charge is 0.493 e. The summed E-state index contributed by atoms with van der Waals surface area (Å²) in [6, 6.07) is 16.7. The van der Waals surface area contributed by atoms with Gasteiger partial charge >= 0.3 is 5.97 Å². The second kappa shape index (κ2) is 11.9. The first-order valence-electron chi connectivity index (χ1n) is 13.8. The Morgan fingerprint density at radius 3 is 2.58 bits per heavy atom. The van der Waals surface area contributed by atoms with Gasteiger partial charge in [-0.2, -0.15) is 0 Å². The molecule has 0 saturated heterocycles. The van der Waals surface area contributed by atoms with E-state index in [1.54, 1.807) is 0 Å². The highest BCUT2D eigenvalue weighted by molar-refractivity contribution is 5.85. The van der Waals surface area contributed by atoms with Gasteiger partial charge in [0.05, 0.1) is 20.1 Å². The smallest absolute Gasteiger partial charge is 0.306 e. The van der Waals surface area contributed by atoms with Crippen LogP contribution in [0, 0.1) is 6.92 Å². The number of amides is 1. The average molecular weight is 516 g/mol. The number of benzene rings is 3. The monoisotopic (exact) mass is 515 g/mol. The molecule has 1 unspecified atom stereocenters. The van der Waals surface area contributed by atoms with Crippen molar-refractivity contribution < 1.29 is 23.8 Å². The Balaban J connectivity index is 1.36. The molecule has 1 atom stereocenters. The van der Waals surface area contributed by atoms with E-state index in [4.69, 9.17) is 14.2 Å². The maximum absolute atomic E-state index is 12.5. The van der Waals surface area contributed by atoms with E-state index in [2.05, 4.69) is 42.6 Å². The van der Waals surface area contributed by atoms with Crippen LogP contribution in [0.1, 0.15) is 73.1 Å². The highest BCUT2D eigenvalue weighted by Gasteiger charge is 2.24. The van der Waals surface area contributed by atoms with Gasteiger partial charge in [-0.1, -0.05) is 56.0 Å². The van der Waals surface area contributed by atoms with Crippen LogP contribution >= 0.6 is 0 Å². The number of carbonyl (C=O) groups is 2. The van der Waals surface area contributed by atoms with E-state index in [1.165, 1.54) is 38.4 Å². The lowest BCUT2D eigenvalue weighted by Crippen LogP contribution is -2.37. The van der Waals surface area contributed by atoms with E-state index < -0.39 is 0 Å². The number of aryl methyl sites for hydroxylation is 1. The van der Waals surface area contributed by atoms with Gasteiger partial charge in [0.15, 0.2) is 6.61 Å². The van der Waals surface area contributed by atoms with Crippen molar-refractivity contribution in [2.45, 2.75) is 70.3 Å². The van der Waals surface area contributed by atoms with Crippen molar-refractivity contribution in [1.82, 2.24) is 5.32 Å². The van der Waals surface area contributed by atoms with E-state index in [1.807, 2.05) is 18.2 Å². The second-order valence-electron chi connectivity index (χ2n) is 10.6. The predicted molar refractivity (Wildman–Crippen MR) is 148 cm³/mol. The predicted octanol–water partition coefficient (Wildman–Crippen LogP) is 6.00. The summed E-state index contributed by atoms with van der Waals surface area (Å²) < 4.78 is 16.7. The number of hydrogen-bond donors (Lipinski definition) is 1. The Hall–Kier alpha value is -3.54. The fraction of sp³-hybridized carbons (Fsp3) is 0.438. The van der Waals surface area contributed by atoms with Gasteiger partial charge in [-0.25, -0.2) is 0 Å². The van der Waals surface area contributed by atoms with Crippen LogP contribution < -0.4 is 14.8 Å². The summed E-state index contributed by atoms with van der Waals surface area (Å²) in [7, 11) is 1.43. The molecule has 0 bridgehead atoms. The van der Waals surface area contributed by atoms with Crippen LogP contribution in [0.15, 0.2) is 48.5 Å². The summed E-state index contributed by atoms with van der Waals surface area (Å²) in [6.45, 7) is 2.76. The highest BCUT2D eigenvalue weighted by Crippen LogP contribution is 2.37. The van der Waals surface area contributed by atoms with Crippen molar-refractivity contribution in [2.75, 3.05) is 20.3 Å². The molecule has 6 nitrogen and oxygen atoms in total. The van der Waals surface area contributed by atoms with Crippen molar-refractivity contribution in [3.63, 3.8) is 0 Å². The number of ether oxygens (including phenoxy) is 3. The van der Waals surface area contributed by atoms with Crippen LogP contribution in [0.2, 0.25) is 0 Å². The van der Waals surface area contributed by atoms with Crippen LogP contribution in [-0.2, 0) is 20.7 Å². The summed E-state index contributed by atoms with van der Waals surface area (Å²) in [4.78, 5) is 25.0. The lowest BCUT2D eigenvalue weighted by atomic mass is 9.84. The average Bonchev–Trinajstić information content (AvgIpc) is 3.22. The minimum absolute atomic E-state index is 0.00303. The molecule has 5 rings (SSSR count). The number of methoxy groups -OCH3 is 1. The first-order valence-corrected chi connectivity index (χ1v) is 13.8. The Bertz CT molecular complexity index is 1310. The quantitative estimate of drug-likeness (QED) is 0.294. The van der Waals surface area contributed by atoms with E-state index in [9.17, 15) is 9.59 Å². The first-order chi connectivity index (χ1) is 18.5. The standard InChI is InChI=1S/C32H37NO5/c1-21-15-30-24(13-14-37-30)18-28(21)29(19-32(35)36-2)23-10-9-22-11-12-27(17-25(22)16-23)38-20-31(34)33-26-7-5-3-4-6-8-26/h9-12,15-18,26,29H,3-8,13-14,19-20H2,1-2H3,(H,33,34). The maximum atomic E-state index is 12.5. The fourth-order valence-electron chi connectivity index (χ4n) is 5.77. The van der Waals surface area contributed by atoms with E-state index >= 15 is 0 Å². The Morgan fingerprint density at radius 1 is 1.00 bits per heavy atom. The molecule has 6 heteroatoms. The van der Waals surface area contributed by atoms with Crippen molar-refractivity contribution in [1.29, 1.82) is 0 Å². The van der Waals surface area contributed by atoms with Crippen molar-refractivity contribution in [3.8, 4) is 11.5 Å². The molecule has 200 valence electrons. The van der Waals surface area contributed by atoms with Crippen LogP contribution in [0.3, 0.4) is 0 Å². The minimum atomic E-state index is -0.247. The molecular formula is C32H37NO5. The first kappa shape index (κ1) is 26.1. The molecule has 1 aliphatic carbocycles. The highest BCUT2D eigenvalue weighted by atomic mass is 16.5. The number of nitrogens with one attached hydrogen (secondary N) is 1. The molecule has 0 aromatic heterocycles. The van der Waals surface area contributed by atoms with Crippen LogP contribution in [0.25, 0.3) is 10.8 Å². The molecular weight excluding hydrogens is 478 g/mol. The van der Waals surface area contributed by atoms with Crippen molar-refractivity contribution in [3.05, 3.63) is 70.8 Å². The summed E-state index contributed by atoms with van der Waals surface area (Å²) >= 11 is 0. The molecule has 3 aromatic rings. The van der Waals surface area contributed by atoms with E-state index in [0.29, 0.717) is 12.4 Å². The molecule has 1 saturated carbocycles. The minimum Gasteiger partial charge on any atom is -0.493 e. The number of esters is 1. The van der Waals surface area contributed by atoms with Crippen molar-refractivity contribution >= 4 is 22.6 Å². The van der Waals surface area contributed by atoms with Gasteiger partial charge in [0.25, 0.3) is 5.91 Å².